The molecule has 18 aromatic rings. The Labute approximate surface area is 839 Å². The zero-order valence-electron chi connectivity index (χ0n) is 77.4. The van der Waals surface area contributed by atoms with Gasteiger partial charge >= 0.3 is 35.8 Å². The van der Waals surface area contributed by atoms with E-state index in [0.29, 0.717) is 18.4 Å². The Kier molecular flexibility index (Phi) is 35.6. The van der Waals surface area contributed by atoms with Gasteiger partial charge in [-0.15, -0.1) is 70.6 Å². The van der Waals surface area contributed by atoms with Crippen molar-refractivity contribution in [2.45, 2.75) is 128 Å². The summed E-state index contributed by atoms with van der Waals surface area (Å²) in [6.45, 7) is 13.7. The second-order valence-corrected chi connectivity index (χ2v) is 41.6. The van der Waals surface area contributed by atoms with Gasteiger partial charge in [-0.05, 0) is 292 Å². The van der Waals surface area contributed by atoms with Crippen molar-refractivity contribution < 1.29 is 85.7 Å². The molecule has 18 rings (SSSR count). The van der Waals surface area contributed by atoms with Crippen molar-refractivity contribution in [3.63, 3.8) is 0 Å². The molecule has 12 aromatic carbocycles. The molecule has 0 spiro atoms. The Morgan fingerprint density at radius 2 is 0.514 bits per heavy atom. The van der Waals surface area contributed by atoms with E-state index in [9.17, 15) is 75.5 Å². The smallest absolute Gasteiger partial charge is 0.319 e. The van der Waals surface area contributed by atoms with Crippen LogP contribution in [0.1, 0.15) is 68.2 Å². The van der Waals surface area contributed by atoms with Crippen LogP contribution in [0.4, 0.5) is 26.3 Å². The molecule has 142 heavy (non-hydrogen) atoms. The van der Waals surface area contributed by atoms with Crippen molar-refractivity contribution in [2.75, 3.05) is 0 Å². The van der Waals surface area contributed by atoms with Crippen LogP contribution in [0.15, 0.2) is 358 Å². The molecule has 0 saturated heterocycles. The number of carboxylic acids is 6. The summed E-state index contributed by atoms with van der Waals surface area (Å²) in [6.07, 6.45) is 11.1. The lowest BCUT2D eigenvalue weighted by molar-refractivity contribution is -0.139. The highest BCUT2D eigenvalue weighted by molar-refractivity contribution is 8.02. The summed E-state index contributed by atoms with van der Waals surface area (Å²) in [6, 6.07) is 83.5. The zero-order valence-corrected chi connectivity index (χ0v) is 82.3. The highest BCUT2D eigenvalue weighted by Gasteiger charge is 2.32. The van der Waals surface area contributed by atoms with Crippen molar-refractivity contribution in [2.24, 2.45) is 0 Å². The van der Waals surface area contributed by atoms with Crippen LogP contribution in [0.3, 0.4) is 0 Å². The van der Waals surface area contributed by atoms with E-state index in [2.05, 4.69) is 29.9 Å². The van der Waals surface area contributed by atoms with Crippen molar-refractivity contribution >= 4 is 172 Å². The van der Waals surface area contributed by atoms with Crippen LogP contribution in [-0.2, 0) is 28.8 Å². The maximum absolute atomic E-state index is 14.0. The molecule has 18 nitrogen and oxygen atoms in total. The van der Waals surface area contributed by atoms with Crippen molar-refractivity contribution in [1.29, 1.82) is 0 Å². The lowest BCUT2D eigenvalue weighted by Gasteiger charge is -2.19. The van der Waals surface area contributed by atoms with Gasteiger partial charge in [-0.1, -0.05) is 129 Å². The van der Waals surface area contributed by atoms with Crippen LogP contribution >= 0.6 is 70.6 Å². The summed E-state index contributed by atoms with van der Waals surface area (Å²) in [7, 11) is 0. The number of aliphatic carboxylic acids is 6. The zero-order chi connectivity index (χ0) is 102. The largest absolute Gasteiger partial charge is 0.480 e. The van der Waals surface area contributed by atoms with Gasteiger partial charge in [0.15, 0.2) is 0 Å². The van der Waals surface area contributed by atoms with Gasteiger partial charge in [0, 0.05) is 104 Å². The Bertz CT molecular complexity index is 7690. The molecule has 6 aromatic heterocycles. The van der Waals surface area contributed by atoms with E-state index in [1.54, 1.807) is 139 Å². The third-order valence-electron chi connectivity index (χ3n) is 22.1. The fourth-order valence-corrected chi connectivity index (χ4v) is 20.3. The van der Waals surface area contributed by atoms with E-state index in [-0.39, 0.29) is 34.9 Å². The fraction of sp³-hybridized carbons (Fsp3) is 0.143. The fourth-order valence-electron chi connectivity index (χ4n) is 14.4. The average Bonchev–Trinajstić information content (AvgIpc) is 0.868. The van der Waals surface area contributed by atoms with E-state index in [4.69, 9.17) is 10.2 Å². The number of benzene rings is 12. The Morgan fingerprint density at radius 3 is 0.782 bits per heavy atom. The van der Waals surface area contributed by atoms with Gasteiger partial charge in [-0.3, -0.25) is 58.7 Å². The summed E-state index contributed by atoms with van der Waals surface area (Å²) >= 11 is 7.75. The minimum Gasteiger partial charge on any atom is -0.480 e. The van der Waals surface area contributed by atoms with Gasteiger partial charge in [0.05, 0.1) is 33.1 Å². The molecule has 0 fully saturated rings. The minimum atomic E-state index is -0.955. The Balaban J connectivity index is 0.000000143. The first kappa shape index (κ1) is 105. The summed E-state index contributed by atoms with van der Waals surface area (Å²) in [5.74, 6) is -6.82. The number of hydrogen-bond acceptors (Lipinski definition) is 18. The second kappa shape index (κ2) is 48.2. The standard InChI is InChI=1S/4C19H16FNO2S.2C18H14FNO2S/c1-19(2,18(22)23)24-17-9-10-21-16-8-5-13(11-15(16)17)12-3-6-14(20)7-4-12;1-19(2,18(22)23)24-17-8-9-21-16-7-6-13(11-15(16)17)12-4-3-5-14(20)10-12;1-2-17(19(22)23)24-18-8-9-21-16-7-6-13(11-15(16)18)12-4-3-5-14(20)10-12;1-2-17(19(22)23)24-18-9-10-21-16-8-7-12(11-14(16)18)13-5-3-4-6-15(13)20;1-11(18(21)22)23-17-8-9-20-16-7-4-13(10-15(16)17)12-2-5-14(19)6-3-12;1-11(18(21)22)23-17-7-8-20-16-6-5-13(10-15(16)17)12-3-2-4-14(19)9-12/h2*3-11H,1-2H3,(H,22,23);2*3-11,17H,2H2,1H3,(H,22,23);2*2-11H,1H3,(H,21,22). The summed E-state index contributed by atoms with van der Waals surface area (Å²) in [5.41, 5.74) is 14.6. The number of nitrogens with zero attached hydrogens (tertiary/aromatic N) is 6. The number of hydrogen-bond donors (Lipinski definition) is 6. The van der Waals surface area contributed by atoms with Crippen molar-refractivity contribution in [1.82, 2.24) is 29.9 Å². The molecule has 0 bridgehead atoms. The first-order valence-corrected chi connectivity index (χ1v) is 49.5. The third-order valence-corrected chi connectivity index (χ3v) is 29.8. The van der Waals surface area contributed by atoms with Crippen LogP contribution in [0.5, 0.6) is 0 Å². The third kappa shape index (κ3) is 27.4. The molecule has 0 aliphatic rings. The summed E-state index contributed by atoms with van der Waals surface area (Å²) in [4.78, 5) is 98.7. The van der Waals surface area contributed by atoms with Crippen molar-refractivity contribution in [3.05, 3.63) is 363 Å². The van der Waals surface area contributed by atoms with Gasteiger partial charge in [0.2, 0.25) is 0 Å². The predicted octanol–water partition coefficient (Wildman–Crippen LogP) is 29.2. The van der Waals surface area contributed by atoms with Crippen LogP contribution in [0.2, 0.25) is 0 Å². The van der Waals surface area contributed by atoms with E-state index in [0.717, 1.165) is 156 Å². The highest BCUT2D eigenvalue weighted by Crippen LogP contribution is 2.44. The van der Waals surface area contributed by atoms with Crippen molar-refractivity contribution in [3.8, 4) is 66.8 Å². The quantitative estimate of drug-likeness (QED) is 0.0217. The number of thioether (sulfide) groups is 6. The summed E-state index contributed by atoms with van der Waals surface area (Å²) in [5, 5.41) is 58.6. The lowest BCUT2D eigenvalue weighted by atomic mass is 10.0. The minimum absolute atomic E-state index is 0.275. The van der Waals surface area contributed by atoms with E-state index >= 15 is 0 Å². The molecule has 30 heteroatoms. The molecule has 0 amide bonds. The number of pyridine rings is 6. The van der Waals surface area contributed by atoms with E-state index < -0.39 is 66.3 Å². The number of aromatic nitrogens is 6. The van der Waals surface area contributed by atoms with Crippen LogP contribution in [-0.4, -0.2) is 127 Å². The molecule has 4 atom stereocenters. The molecule has 0 saturated carbocycles. The molecule has 6 N–H and O–H groups in total. The molecule has 0 aliphatic carbocycles. The molecule has 0 radical (unpaired) electrons. The molecule has 0 aliphatic heterocycles. The number of rotatable bonds is 26. The lowest BCUT2D eigenvalue weighted by Crippen LogP contribution is -2.26. The van der Waals surface area contributed by atoms with Gasteiger partial charge in [0.25, 0.3) is 0 Å². The predicted molar refractivity (Wildman–Crippen MR) is 559 cm³/mol. The van der Waals surface area contributed by atoms with Crippen LogP contribution in [0.25, 0.3) is 132 Å². The molecular weight excluding hydrogens is 1930 g/mol. The highest BCUT2D eigenvalue weighted by atomic mass is 32.2. The monoisotopic (exact) mass is 2020 g/mol. The average molecular weight is 2020 g/mol. The number of halogens is 6. The topological polar surface area (TPSA) is 301 Å². The Hall–Kier alpha value is -14.4. The second-order valence-electron chi connectivity index (χ2n) is 33.0. The van der Waals surface area contributed by atoms with Gasteiger partial charge in [-0.25, -0.2) is 26.3 Å². The maximum Gasteiger partial charge on any atom is 0.319 e. The molecule has 6 heterocycles. The first-order chi connectivity index (χ1) is 68.0. The van der Waals surface area contributed by atoms with E-state index in [1.807, 2.05) is 178 Å². The van der Waals surface area contributed by atoms with Gasteiger partial charge in [0.1, 0.15) is 65.4 Å². The maximum atomic E-state index is 14.0. The molecular formula is C112H92F6N6O12S6. The number of fused-ring (bicyclic) bond motifs is 6. The van der Waals surface area contributed by atoms with E-state index in [1.165, 1.54) is 137 Å². The van der Waals surface area contributed by atoms with Crippen LogP contribution < -0.4 is 0 Å². The SMILES string of the molecule is CC(C)(Sc1ccnc2ccc(-c3ccc(F)cc3)cc12)C(=O)O.CC(C)(Sc1ccnc2ccc(-c3cccc(F)c3)cc12)C(=O)O.CC(Sc1ccnc2ccc(-c3ccc(F)cc3)cc12)C(=O)O.CC(Sc1ccnc2ccc(-c3cccc(F)c3)cc12)C(=O)O.CCC(Sc1ccnc2ccc(-c3cccc(F)c3)cc12)C(=O)O.CCC(Sc1ccnc2ccc(-c3ccccc3F)cc12)C(=O)O. The Morgan fingerprint density at radius 1 is 0.268 bits per heavy atom. The number of carboxylic acid groups (broad SMARTS) is 6. The normalized spacial score (nSPS) is 12.0. The summed E-state index contributed by atoms with van der Waals surface area (Å²) < 4.78 is 78.7. The van der Waals surface area contributed by atoms with Crippen LogP contribution in [0, 0.1) is 34.9 Å². The first-order valence-electron chi connectivity index (χ1n) is 44.3. The molecule has 4 unspecified atom stereocenters. The van der Waals surface area contributed by atoms with Gasteiger partial charge < -0.3 is 30.6 Å². The van der Waals surface area contributed by atoms with Gasteiger partial charge in [-0.2, -0.15) is 0 Å². The molecule has 720 valence electrons. The number of carbonyl (C=O) groups is 6.